The van der Waals surface area contributed by atoms with E-state index < -0.39 is 18.8 Å². The number of rotatable bonds is 6. The number of hydrogen-bond acceptors (Lipinski definition) is 5. The second-order valence-corrected chi connectivity index (χ2v) is 3.99. The van der Waals surface area contributed by atoms with Crippen molar-refractivity contribution in [3.05, 3.63) is 11.4 Å². The Kier molecular flexibility index (Phi) is 5.37. The lowest BCUT2D eigenvalue weighted by Gasteiger charge is -2.08. The van der Waals surface area contributed by atoms with Gasteiger partial charge in [-0.2, -0.15) is 18.3 Å². The Labute approximate surface area is 113 Å². The molecule has 0 aromatic carbocycles. The van der Waals surface area contributed by atoms with Crippen molar-refractivity contribution in [1.82, 2.24) is 9.78 Å². The third-order valence-corrected chi connectivity index (χ3v) is 2.42. The molecule has 114 valence electrons. The second kappa shape index (κ2) is 6.60. The minimum atomic E-state index is -4.40. The van der Waals surface area contributed by atoms with Gasteiger partial charge in [0, 0.05) is 7.05 Å². The largest absolute Gasteiger partial charge is 0.458 e. The quantitative estimate of drug-likeness (QED) is 0.632. The average molecular weight is 295 g/mol. The molecule has 0 aliphatic heterocycles. The van der Waals surface area contributed by atoms with Crippen molar-refractivity contribution in [1.29, 1.82) is 0 Å². The summed E-state index contributed by atoms with van der Waals surface area (Å²) in [5, 5.41) is 4.04. The fourth-order valence-electron chi connectivity index (χ4n) is 1.55. The zero-order chi connectivity index (χ0) is 15.3. The summed E-state index contributed by atoms with van der Waals surface area (Å²) in [5.41, 5.74) is 6.60. The predicted molar refractivity (Wildman–Crippen MR) is 64.2 cm³/mol. The number of alkyl halides is 3. The first-order valence-corrected chi connectivity index (χ1v) is 5.89. The van der Waals surface area contributed by atoms with Crippen molar-refractivity contribution in [2.45, 2.75) is 19.5 Å². The Hall–Kier alpha value is -1.77. The summed E-state index contributed by atoms with van der Waals surface area (Å²) in [5.74, 6) is -0.743. The number of hydrogen-bond donors (Lipinski definition) is 1. The van der Waals surface area contributed by atoms with Crippen LogP contribution in [0.25, 0.3) is 0 Å². The van der Waals surface area contributed by atoms with E-state index in [0.717, 1.165) is 0 Å². The monoisotopic (exact) mass is 295 g/mol. The second-order valence-electron chi connectivity index (χ2n) is 3.99. The highest BCUT2D eigenvalue weighted by Gasteiger charge is 2.27. The summed E-state index contributed by atoms with van der Waals surface area (Å²) < 4.78 is 45.8. The molecule has 1 rings (SSSR count). The first-order valence-electron chi connectivity index (χ1n) is 5.89. The summed E-state index contributed by atoms with van der Waals surface area (Å²) in [6, 6.07) is 0. The van der Waals surface area contributed by atoms with Gasteiger partial charge in [-0.15, -0.1) is 0 Å². The van der Waals surface area contributed by atoms with Gasteiger partial charge in [-0.25, -0.2) is 4.79 Å². The molecule has 1 aromatic rings. The fourth-order valence-corrected chi connectivity index (χ4v) is 1.55. The van der Waals surface area contributed by atoms with Gasteiger partial charge in [0.2, 0.25) is 0 Å². The Balaban J connectivity index is 2.46. The van der Waals surface area contributed by atoms with E-state index in [1.165, 1.54) is 11.7 Å². The van der Waals surface area contributed by atoms with E-state index in [1.807, 2.05) is 6.92 Å². The van der Waals surface area contributed by atoms with Gasteiger partial charge in [-0.1, -0.05) is 6.92 Å². The van der Waals surface area contributed by atoms with Crippen LogP contribution in [-0.4, -0.2) is 41.7 Å². The number of carbonyl (C=O) groups is 1. The van der Waals surface area contributed by atoms with E-state index >= 15 is 0 Å². The van der Waals surface area contributed by atoms with E-state index in [4.69, 9.17) is 10.5 Å². The van der Waals surface area contributed by atoms with E-state index in [0.29, 0.717) is 12.1 Å². The number of nitrogens with two attached hydrogens (primary N) is 1. The molecule has 0 saturated heterocycles. The van der Waals surface area contributed by atoms with Gasteiger partial charge in [0.15, 0.2) is 5.69 Å². The molecule has 0 atom stereocenters. The maximum Gasteiger partial charge on any atom is 0.411 e. The molecule has 0 radical (unpaired) electrons. The van der Waals surface area contributed by atoms with Gasteiger partial charge in [0.25, 0.3) is 0 Å². The van der Waals surface area contributed by atoms with Gasteiger partial charge >= 0.3 is 12.1 Å². The van der Waals surface area contributed by atoms with Crippen LogP contribution in [0.2, 0.25) is 0 Å². The van der Waals surface area contributed by atoms with Crippen LogP contribution in [0.1, 0.15) is 23.1 Å². The van der Waals surface area contributed by atoms with E-state index in [-0.39, 0.29) is 24.6 Å². The fraction of sp³-hybridized carbons (Fsp3) is 0.636. The molecule has 20 heavy (non-hydrogen) atoms. The summed E-state index contributed by atoms with van der Waals surface area (Å²) in [4.78, 5) is 11.7. The van der Waals surface area contributed by atoms with Crippen molar-refractivity contribution in [2.24, 2.45) is 7.05 Å². The molecule has 0 spiro atoms. The lowest BCUT2D eigenvalue weighted by molar-refractivity contribution is -0.175. The van der Waals surface area contributed by atoms with Crippen LogP contribution in [0.5, 0.6) is 0 Å². The SMILES string of the molecule is CCc1nn(C)c(C(=O)OCCOCC(F)(F)F)c1N. The van der Waals surface area contributed by atoms with Crippen LogP contribution in [0, 0.1) is 0 Å². The van der Waals surface area contributed by atoms with E-state index in [2.05, 4.69) is 9.84 Å². The maximum absolute atomic E-state index is 11.8. The molecule has 0 amide bonds. The van der Waals surface area contributed by atoms with Crippen molar-refractivity contribution >= 4 is 11.7 Å². The van der Waals surface area contributed by atoms with Crippen LogP contribution in [-0.2, 0) is 22.9 Å². The highest BCUT2D eigenvalue weighted by atomic mass is 19.4. The highest BCUT2D eigenvalue weighted by Crippen LogP contribution is 2.18. The number of anilines is 1. The lowest BCUT2D eigenvalue weighted by Crippen LogP contribution is -2.20. The lowest BCUT2D eigenvalue weighted by atomic mass is 10.2. The van der Waals surface area contributed by atoms with Gasteiger partial charge in [-0.05, 0) is 6.42 Å². The zero-order valence-corrected chi connectivity index (χ0v) is 11.2. The normalized spacial score (nSPS) is 11.7. The van der Waals surface area contributed by atoms with Crippen LogP contribution >= 0.6 is 0 Å². The topological polar surface area (TPSA) is 79.4 Å². The minimum Gasteiger partial charge on any atom is -0.458 e. The van der Waals surface area contributed by atoms with Gasteiger partial charge < -0.3 is 15.2 Å². The molecule has 0 unspecified atom stereocenters. The number of carbonyl (C=O) groups excluding carboxylic acids is 1. The molecule has 9 heteroatoms. The molecular formula is C11H16F3N3O3. The van der Waals surface area contributed by atoms with Gasteiger partial charge in [0.05, 0.1) is 18.0 Å². The Bertz CT molecular complexity index is 471. The highest BCUT2D eigenvalue weighted by molar-refractivity contribution is 5.93. The predicted octanol–water partition coefficient (Wildman–Crippen LogP) is 1.30. The molecule has 0 bridgehead atoms. The van der Waals surface area contributed by atoms with Gasteiger partial charge in [-0.3, -0.25) is 4.68 Å². The molecule has 0 aliphatic carbocycles. The van der Waals surface area contributed by atoms with Crippen LogP contribution in [0.4, 0.5) is 18.9 Å². The molecule has 1 heterocycles. The Morgan fingerprint density at radius 1 is 1.40 bits per heavy atom. The molecule has 0 aliphatic rings. The van der Waals surface area contributed by atoms with Crippen LogP contribution < -0.4 is 5.73 Å². The number of esters is 1. The molecule has 0 saturated carbocycles. The van der Waals surface area contributed by atoms with Crippen molar-refractivity contribution < 1.29 is 27.4 Å². The standard InChI is InChI=1S/C11H16F3N3O3/c1-3-7-8(15)9(17(2)16-7)10(18)20-5-4-19-6-11(12,13)14/h3-6,15H2,1-2H3. The smallest absolute Gasteiger partial charge is 0.411 e. The molecule has 6 nitrogen and oxygen atoms in total. The van der Waals surface area contributed by atoms with Crippen molar-refractivity contribution in [2.75, 3.05) is 25.6 Å². The first-order chi connectivity index (χ1) is 9.26. The maximum atomic E-state index is 11.8. The third kappa shape index (κ3) is 4.41. The van der Waals surface area contributed by atoms with E-state index in [9.17, 15) is 18.0 Å². The summed E-state index contributed by atoms with van der Waals surface area (Å²) in [7, 11) is 1.53. The molecule has 0 fully saturated rings. The van der Waals surface area contributed by atoms with Crippen molar-refractivity contribution in [3.63, 3.8) is 0 Å². The molecule has 1 aromatic heterocycles. The van der Waals surface area contributed by atoms with Crippen LogP contribution in [0.3, 0.4) is 0 Å². The Morgan fingerprint density at radius 2 is 2.05 bits per heavy atom. The average Bonchev–Trinajstić information content (AvgIpc) is 2.62. The molecule has 2 N–H and O–H groups in total. The minimum absolute atomic E-state index is 0.0812. The number of nitrogen functional groups attached to an aromatic ring is 1. The summed E-state index contributed by atoms with van der Waals surface area (Å²) in [6.45, 7) is -0.179. The van der Waals surface area contributed by atoms with Crippen LogP contribution in [0.15, 0.2) is 0 Å². The number of aromatic nitrogens is 2. The number of halogens is 3. The van der Waals surface area contributed by atoms with Crippen molar-refractivity contribution in [3.8, 4) is 0 Å². The first kappa shape index (κ1) is 16.3. The number of nitrogens with zero attached hydrogens (tertiary/aromatic N) is 2. The molecular weight excluding hydrogens is 279 g/mol. The summed E-state index contributed by atoms with van der Waals surface area (Å²) in [6.07, 6.45) is -3.84. The van der Waals surface area contributed by atoms with Gasteiger partial charge in [0.1, 0.15) is 13.2 Å². The number of aryl methyl sites for hydroxylation is 2. The summed E-state index contributed by atoms with van der Waals surface area (Å²) >= 11 is 0. The third-order valence-electron chi connectivity index (χ3n) is 2.42. The van der Waals surface area contributed by atoms with E-state index in [1.54, 1.807) is 0 Å². The number of ether oxygens (including phenoxy) is 2. The Morgan fingerprint density at radius 3 is 2.55 bits per heavy atom. The zero-order valence-electron chi connectivity index (χ0n) is 11.2.